The third kappa shape index (κ3) is 2.33. The highest BCUT2D eigenvalue weighted by Crippen LogP contribution is 2.39. The van der Waals surface area contributed by atoms with Gasteiger partial charge < -0.3 is 5.32 Å². The first-order chi connectivity index (χ1) is 8.74. The minimum Gasteiger partial charge on any atom is -0.313 e. The van der Waals surface area contributed by atoms with Gasteiger partial charge in [-0.3, -0.25) is 0 Å². The molecule has 98 valence electrons. The molecule has 3 unspecified atom stereocenters. The van der Waals surface area contributed by atoms with Crippen molar-refractivity contribution in [2.45, 2.75) is 52.0 Å². The second-order valence-corrected chi connectivity index (χ2v) is 6.34. The molecule has 0 bridgehead atoms. The minimum atomic E-state index is 0.789. The zero-order chi connectivity index (χ0) is 12.5. The Hall–Kier alpha value is -0.820. The largest absolute Gasteiger partial charge is 0.313 e. The average Bonchev–Trinajstić information content (AvgIpc) is 2.93. The minimum absolute atomic E-state index is 0.789. The van der Waals surface area contributed by atoms with Crippen molar-refractivity contribution in [3.05, 3.63) is 34.9 Å². The summed E-state index contributed by atoms with van der Waals surface area (Å²) in [5, 5.41) is 3.76. The molecule has 1 aromatic rings. The molecule has 1 N–H and O–H groups in total. The molecule has 0 amide bonds. The molecule has 2 aliphatic rings. The van der Waals surface area contributed by atoms with Gasteiger partial charge in [-0.05, 0) is 69.0 Å². The highest BCUT2D eigenvalue weighted by Gasteiger charge is 2.38. The van der Waals surface area contributed by atoms with Crippen LogP contribution in [0.3, 0.4) is 0 Å². The van der Waals surface area contributed by atoms with Crippen LogP contribution in [0.2, 0.25) is 0 Å². The molecule has 1 saturated heterocycles. The fourth-order valence-electron chi connectivity index (χ4n) is 4.00. The van der Waals surface area contributed by atoms with E-state index in [9.17, 15) is 0 Å². The summed E-state index contributed by atoms with van der Waals surface area (Å²) in [6, 6.07) is 7.65. The van der Waals surface area contributed by atoms with Crippen molar-refractivity contribution in [3.8, 4) is 0 Å². The summed E-state index contributed by atoms with van der Waals surface area (Å²) >= 11 is 0. The van der Waals surface area contributed by atoms with Gasteiger partial charge in [0.15, 0.2) is 0 Å². The van der Waals surface area contributed by atoms with E-state index < -0.39 is 0 Å². The second kappa shape index (κ2) is 5.05. The van der Waals surface area contributed by atoms with Gasteiger partial charge in [-0.2, -0.15) is 0 Å². The van der Waals surface area contributed by atoms with Crippen LogP contribution < -0.4 is 5.32 Å². The zero-order valence-electron chi connectivity index (χ0n) is 11.7. The smallest absolute Gasteiger partial charge is 0.0102 e. The van der Waals surface area contributed by atoms with E-state index in [-0.39, 0.29) is 0 Å². The number of fused-ring (bicyclic) bond motifs is 1. The molecule has 1 heterocycles. The summed E-state index contributed by atoms with van der Waals surface area (Å²) < 4.78 is 0. The molecule has 1 heteroatoms. The van der Waals surface area contributed by atoms with Crippen LogP contribution in [0.25, 0.3) is 0 Å². The summed E-state index contributed by atoms with van der Waals surface area (Å²) in [6.45, 7) is 5.72. The first kappa shape index (κ1) is 12.2. The van der Waals surface area contributed by atoms with Crippen LogP contribution in [-0.4, -0.2) is 12.6 Å². The van der Waals surface area contributed by atoms with Crippen LogP contribution in [0.5, 0.6) is 0 Å². The predicted octanol–water partition coefficient (Wildman–Crippen LogP) is 3.62. The van der Waals surface area contributed by atoms with Crippen LogP contribution in [-0.2, 0) is 6.42 Å². The Bertz CT molecular complexity index is 424. The van der Waals surface area contributed by atoms with E-state index >= 15 is 0 Å². The van der Waals surface area contributed by atoms with Gasteiger partial charge in [-0.15, -0.1) is 0 Å². The molecule has 2 fully saturated rings. The molecule has 1 nitrogen and oxygen atoms in total. The maximum Gasteiger partial charge on any atom is 0.0102 e. The molecule has 1 aromatic carbocycles. The summed E-state index contributed by atoms with van der Waals surface area (Å²) in [5.74, 6) is 1.98. The van der Waals surface area contributed by atoms with E-state index in [0.29, 0.717) is 0 Å². The third-order valence-corrected chi connectivity index (χ3v) is 5.11. The highest BCUT2D eigenvalue weighted by atomic mass is 15.0. The van der Waals surface area contributed by atoms with Crippen LogP contribution in [0.15, 0.2) is 18.2 Å². The monoisotopic (exact) mass is 243 g/mol. The number of benzene rings is 1. The Morgan fingerprint density at radius 3 is 3.00 bits per heavy atom. The molecule has 3 rings (SSSR count). The molecule has 0 radical (unpaired) electrons. The molecular weight excluding hydrogens is 218 g/mol. The second-order valence-electron chi connectivity index (χ2n) is 6.34. The van der Waals surface area contributed by atoms with Gasteiger partial charge in [0.1, 0.15) is 0 Å². The topological polar surface area (TPSA) is 12.0 Å². The molecular formula is C17H25N. The molecule has 18 heavy (non-hydrogen) atoms. The molecule has 1 saturated carbocycles. The molecule has 0 aromatic heterocycles. The number of nitrogens with one attached hydrogen (secondary N) is 1. The zero-order valence-corrected chi connectivity index (χ0v) is 11.7. The Kier molecular flexibility index (Phi) is 3.43. The Balaban J connectivity index is 1.62. The van der Waals surface area contributed by atoms with Crippen LogP contribution in [0.4, 0.5) is 0 Å². The van der Waals surface area contributed by atoms with E-state index in [2.05, 4.69) is 37.4 Å². The van der Waals surface area contributed by atoms with Gasteiger partial charge in [0, 0.05) is 6.04 Å². The summed E-state index contributed by atoms with van der Waals surface area (Å²) in [4.78, 5) is 0. The van der Waals surface area contributed by atoms with E-state index in [0.717, 1.165) is 17.9 Å². The van der Waals surface area contributed by atoms with Crippen molar-refractivity contribution < 1.29 is 0 Å². The summed E-state index contributed by atoms with van der Waals surface area (Å²) in [7, 11) is 0. The van der Waals surface area contributed by atoms with Gasteiger partial charge >= 0.3 is 0 Å². The van der Waals surface area contributed by atoms with Gasteiger partial charge in [-0.1, -0.05) is 30.2 Å². The van der Waals surface area contributed by atoms with Crippen molar-refractivity contribution in [2.75, 3.05) is 6.54 Å². The lowest BCUT2D eigenvalue weighted by atomic mass is 9.89. The van der Waals surface area contributed by atoms with Crippen molar-refractivity contribution in [1.29, 1.82) is 0 Å². The van der Waals surface area contributed by atoms with Gasteiger partial charge in [-0.25, -0.2) is 0 Å². The fourth-order valence-corrected chi connectivity index (χ4v) is 4.00. The standard InChI is InChI=1S/C17H25N/c1-12-6-7-13(2)14(10-12)8-9-17-16-5-3-4-15(16)11-18-17/h6-7,10,15-18H,3-5,8-9,11H2,1-2H3. The Morgan fingerprint density at radius 2 is 2.11 bits per heavy atom. The molecule has 3 atom stereocenters. The number of hydrogen-bond acceptors (Lipinski definition) is 1. The van der Waals surface area contributed by atoms with E-state index in [1.165, 1.54) is 49.8 Å². The van der Waals surface area contributed by atoms with Crippen LogP contribution in [0.1, 0.15) is 42.4 Å². The quantitative estimate of drug-likeness (QED) is 0.855. The maximum atomic E-state index is 3.76. The first-order valence-corrected chi connectivity index (χ1v) is 7.53. The third-order valence-electron chi connectivity index (χ3n) is 5.11. The normalized spacial score (nSPS) is 30.7. The van der Waals surface area contributed by atoms with Crippen molar-refractivity contribution in [1.82, 2.24) is 5.32 Å². The number of rotatable bonds is 3. The summed E-state index contributed by atoms with van der Waals surface area (Å²) in [6.07, 6.45) is 6.98. The van der Waals surface area contributed by atoms with E-state index in [1.54, 1.807) is 5.56 Å². The van der Waals surface area contributed by atoms with Gasteiger partial charge in [0.2, 0.25) is 0 Å². The maximum absolute atomic E-state index is 3.76. The fraction of sp³-hybridized carbons (Fsp3) is 0.647. The predicted molar refractivity (Wildman–Crippen MR) is 76.9 cm³/mol. The molecule has 1 aliphatic heterocycles. The SMILES string of the molecule is Cc1ccc(C)c(CCC2NCC3CCCC32)c1. The van der Waals surface area contributed by atoms with Crippen LogP contribution >= 0.6 is 0 Å². The first-order valence-electron chi connectivity index (χ1n) is 7.53. The van der Waals surface area contributed by atoms with Gasteiger partial charge in [0.25, 0.3) is 0 Å². The lowest BCUT2D eigenvalue weighted by Gasteiger charge is -2.18. The summed E-state index contributed by atoms with van der Waals surface area (Å²) in [5.41, 5.74) is 4.41. The lowest BCUT2D eigenvalue weighted by Crippen LogP contribution is -2.27. The van der Waals surface area contributed by atoms with Crippen LogP contribution in [0, 0.1) is 25.7 Å². The Morgan fingerprint density at radius 1 is 1.22 bits per heavy atom. The number of aryl methyl sites for hydroxylation is 3. The number of hydrogen-bond donors (Lipinski definition) is 1. The molecule has 0 spiro atoms. The van der Waals surface area contributed by atoms with Crippen molar-refractivity contribution >= 4 is 0 Å². The van der Waals surface area contributed by atoms with Crippen molar-refractivity contribution in [3.63, 3.8) is 0 Å². The van der Waals surface area contributed by atoms with E-state index in [4.69, 9.17) is 0 Å². The van der Waals surface area contributed by atoms with E-state index in [1.807, 2.05) is 0 Å². The highest BCUT2D eigenvalue weighted by molar-refractivity contribution is 5.30. The van der Waals surface area contributed by atoms with Crippen molar-refractivity contribution in [2.24, 2.45) is 11.8 Å². The Labute approximate surface area is 111 Å². The average molecular weight is 243 g/mol. The lowest BCUT2D eigenvalue weighted by molar-refractivity contribution is 0.393. The van der Waals surface area contributed by atoms with Gasteiger partial charge in [0.05, 0.1) is 0 Å². The molecule has 1 aliphatic carbocycles.